The van der Waals surface area contributed by atoms with E-state index < -0.39 is 11.9 Å². The maximum absolute atomic E-state index is 12.3. The number of carboxylic acid groups (broad SMARTS) is 1. The van der Waals surface area contributed by atoms with E-state index in [9.17, 15) is 14.7 Å². The number of carbonyl (C=O) groups excluding carboxylic acids is 1. The van der Waals surface area contributed by atoms with E-state index in [0.29, 0.717) is 18.3 Å². The monoisotopic (exact) mass is 267 g/mol. The highest BCUT2D eigenvalue weighted by atomic mass is 16.4. The number of aliphatic carboxylic acids is 1. The number of amides is 1. The van der Waals surface area contributed by atoms with Crippen LogP contribution in [0.3, 0.4) is 0 Å². The Morgan fingerprint density at radius 2 is 1.84 bits per heavy atom. The molecule has 0 saturated heterocycles. The molecule has 1 amide bonds. The Balaban J connectivity index is 1.94. The van der Waals surface area contributed by atoms with Crippen molar-refractivity contribution in [3.8, 4) is 0 Å². The van der Waals surface area contributed by atoms with Crippen molar-refractivity contribution >= 4 is 11.9 Å². The van der Waals surface area contributed by atoms with E-state index in [4.69, 9.17) is 0 Å². The van der Waals surface area contributed by atoms with E-state index >= 15 is 0 Å². The molecule has 4 heteroatoms. The first-order valence-corrected chi connectivity index (χ1v) is 7.54. The molecule has 2 aliphatic carbocycles. The summed E-state index contributed by atoms with van der Waals surface area (Å²) >= 11 is 0. The summed E-state index contributed by atoms with van der Waals surface area (Å²) in [6.45, 7) is 4.28. The highest BCUT2D eigenvalue weighted by Crippen LogP contribution is 2.39. The highest BCUT2D eigenvalue weighted by Gasteiger charge is 2.42. The van der Waals surface area contributed by atoms with Gasteiger partial charge in [0.05, 0.1) is 11.8 Å². The van der Waals surface area contributed by atoms with Crippen LogP contribution in [-0.4, -0.2) is 23.0 Å². The summed E-state index contributed by atoms with van der Waals surface area (Å²) in [6, 6.07) is 0.262. The van der Waals surface area contributed by atoms with Gasteiger partial charge in [0.25, 0.3) is 0 Å². The van der Waals surface area contributed by atoms with E-state index in [1.807, 2.05) is 0 Å². The van der Waals surface area contributed by atoms with E-state index in [1.54, 1.807) is 0 Å². The second-order valence-electron chi connectivity index (χ2n) is 6.42. The minimum atomic E-state index is -0.809. The third-order valence-electron chi connectivity index (χ3n) is 4.93. The van der Waals surface area contributed by atoms with Crippen molar-refractivity contribution in [3.05, 3.63) is 0 Å². The number of nitrogens with one attached hydrogen (secondary N) is 1. The first kappa shape index (κ1) is 14.4. The zero-order chi connectivity index (χ0) is 14.0. The lowest BCUT2D eigenvalue weighted by molar-refractivity contribution is -0.146. The van der Waals surface area contributed by atoms with Crippen LogP contribution in [0, 0.1) is 23.7 Å². The van der Waals surface area contributed by atoms with Crippen LogP contribution in [0.25, 0.3) is 0 Å². The van der Waals surface area contributed by atoms with Crippen LogP contribution >= 0.6 is 0 Å². The first-order chi connectivity index (χ1) is 9.01. The van der Waals surface area contributed by atoms with Crippen LogP contribution in [0.2, 0.25) is 0 Å². The van der Waals surface area contributed by atoms with Crippen LogP contribution in [-0.2, 0) is 9.59 Å². The zero-order valence-electron chi connectivity index (χ0n) is 11.9. The lowest BCUT2D eigenvalue weighted by Gasteiger charge is -2.19. The van der Waals surface area contributed by atoms with Crippen LogP contribution in [0.1, 0.15) is 52.4 Å². The first-order valence-electron chi connectivity index (χ1n) is 7.54. The summed E-state index contributed by atoms with van der Waals surface area (Å²) in [7, 11) is 0. The molecular weight excluding hydrogens is 242 g/mol. The second-order valence-corrected chi connectivity index (χ2v) is 6.42. The number of carbonyl (C=O) groups is 2. The molecule has 0 aliphatic heterocycles. The number of carboxylic acids is 1. The molecule has 0 bridgehead atoms. The van der Waals surface area contributed by atoms with Gasteiger partial charge in [0, 0.05) is 6.04 Å². The molecule has 2 rings (SSSR count). The van der Waals surface area contributed by atoms with Gasteiger partial charge in [0.2, 0.25) is 5.91 Å². The van der Waals surface area contributed by atoms with E-state index in [-0.39, 0.29) is 17.9 Å². The zero-order valence-corrected chi connectivity index (χ0v) is 11.9. The summed E-state index contributed by atoms with van der Waals surface area (Å²) in [6.07, 6.45) is 5.60. The van der Waals surface area contributed by atoms with Crippen LogP contribution in [0.15, 0.2) is 0 Å². The average Bonchev–Trinajstić information content (AvgIpc) is 2.95. The van der Waals surface area contributed by atoms with Gasteiger partial charge in [-0.3, -0.25) is 9.59 Å². The smallest absolute Gasteiger partial charge is 0.307 e. The number of rotatable bonds is 4. The molecule has 0 heterocycles. The Bertz CT molecular complexity index is 355. The largest absolute Gasteiger partial charge is 0.481 e. The maximum atomic E-state index is 12.3. The fraction of sp³-hybridized carbons (Fsp3) is 0.867. The maximum Gasteiger partial charge on any atom is 0.307 e. The second kappa shape index (κ2) is 5.93. The molecule has 2 saturated carbocycles. The highest BCUT2D eigenvalue weighted by molar-refractivity contribution is 5.85. The molecule has 0 spiro atoms. The molecule has 0 radical (unpaired) electrons. The average molecular weight is 267 g/mol. The summed E-state index contributed by atoms with van der Waals surface area (Å²) in [5.41, 5.74) is 0. The Labute approximate surface area is 115 Å². The summed E-state index contributed by atoms with van der Waals surface area (Å²) < 4.78 is 0. The molecule has 0 aromatic carbocycles. The fourth-order valence-electron chi connectivity index (χ4n) is 3.69. The van der Waals surface area contributed by atoms with Gasteiger partial charge in [-0.1, -0.05) is 20.3 Å². The standard InChI is InChI=1S/C15H25NO3/c1-3-10-7-12(13(8-10)15(18)19)14(17)16-11-5-4-9(2)6-11/h9-13H,3-8H2,1-2H3,(H,16,17)(H,18,19). The molecule has 5 unspecified atom stereocenters. The van der Waals surface area contributed by atoms with Gasteiger partial charge in [0.1, 0.15) is 0 Å². The van der Waals surface area contributed by atoms with Crippen molar-refractivity contribution < 1.29 is 14.7 Å². The number of hydrogen-bond acceptors (Lipinski definition) is 2. The fourth-order valence-corrected chi connectivity index (χ4v) is 3.69. The van der Waals surface area contributed by atoms with Crippen molar-refractivity contribution in [2.75, 3.05) is 0 Å². The van der Waals surface area contributed by atoms with Gasteiger partial charge in [-0.2, -0.15) is 0 Å². The van der Waals surface area contributed by atoms with Gasteiger partial charge in [-0.25, -0.2) is 0 Å². The van der Waals surface area contributed by atoms with E-state index in [0.717, 1.165) is 32.1 Å². The lowest BCUT2D eigenvalue weighted by Crippen LogP contribution is -2.40. The van der Waals surface area contributed by atoms with Crippen molar-refractivity contribution in [1.82, 2.24) is 5.32 Å². The molecule has 5 atom stereocenters. The predicted octanol–water partition coefficient (Wildman–Crippen LogP) is 2.43. The Hall–Kier alpha value is -1.06. The van der Waals surface area contributed by atoms with Crippen LogP contribution in [0.5, 0.6) is 0 Å². The predicted molar refractivity (Wildman–Crippen MR) is 72.6 cm³/mol. The third-order valence-corrected chi connectivity index (χ3v) is 4.93. The minimum absolute atomic E-state index is 0.0255. The molecule has 19 heavy (non-hydrogen) atoms. The molecule has 4 nitrogen and oxygen atoms in total. The minimum Gasteiger partial charge on any atom is -0.481 e. The molecule has 2 fully saturated rings. The normalized spacial score (nSPS) is 38.3. The number of hydrogen-bond donors (Lipinski definition) is 2. The SMILES string of the molecule is CCC1CC(C(=O)O)C(C(=O)NC2CCC(C)C2)C1. The quantitative estimate of drug-likeness (QED) is 0.822. The van der Waals surface area contributed by atoms with Crippen molar-refractivity contribution in [2.45, 2.75) is 58.4 Å². The lowest BCUT2D eigenvalue weighted by atomic mass is 9.95. The molecule has 2 aliphatic rings. The van der Waals surface area contributed by atoms with Gasteiger partial charge < -0.3 is 10.4 Å². The summed E-state index contributed by atoms with van der Waals surface area (Å²) in [5, 5.41) is 12.3. The molecule has 0 aromatic rings. The van der Waals surface area contributed by atoms with Gasteiger partial charge in [-0.05, 0) is 43.9 Å². The van der Waals surface area contributed by atoms with Crippen molar-refractivity contribution in [1.29, 1.82) is 0 Å². The molecule has 2 N–H and O–H groups in total. The summed E-state index contributed by atoms with van der Waals surface area (Å²) in [4.78, 5) is 23.6. The van der Waals surface area contributed by atoms with Gasteiger partial charge in [0.15, 0.2) is 0 Å². The Kier molecular flexibility index (Phi) is 4.48. The topological polar surface area (TPSA) is 66.4 Å². The Morgan fingerprint density at radius 3 is 2.37 bits per heavy atom. The molecule has 0 aromatic heterocycles. The van der Waals surface area contributed by atoms with Crippen LogP contribution < -0.4 is 5.32 Å². The van der Waals surface area contributed by atoms with Gasteiger partial charge in [-0.15, -0.1) is 0 Å². The third kappa shape index (κ3) is 3.28. The molecule has 108 valence electrons. The molecular formula is C15H25NO3. The Morgan fingerprint density at radius 1 is 1.16 bits per heavy atom. The van der Waals surface area contributed by atoms with E-state index in [2.05, 4.69) is 19.2 Å². The summed E-state index contributed by atoms with van der Waals surface area (Å²) in [5.74, 6) is -0.577. The van der Waals surface area contributed by atoms with Gasteiger partial charge >= 0.3 is 5.97 Å². The van der Waals surface area contributed by atoms with Crippen molar-refractivity contribution in [2.24, 2.45) is 23.7 Å². The van der Waals surface area contributed by atoms with Crippen LogP contribution in [0.4, 0.5) is 0 Å². The van der Waals surface area contributed by atoms with Crippen molar-refractivity contribution in [3.63, 3.8) is 0 Å². The van der Waals surface area contributed by atoms with E-state index in [1.165, 1.54) is 0 Å².